The molecular weight excluding hydrogens is 312 g/mol. The number of amides is 1. The number of anilines is 2. The van der Waals surface area contributed by atoms with Gasteiger partial charge in [0.05, 0.1) is 22.4 Å². The normalized spacial score (nSPS) is 24.8. The zero-order valence-corrected chi connectivity index (χ0v) is 13.2. The van der Waals surface area contributed by atoms with Crippen molar-refractivity contribution in [2.45, 2.75) is 37.0 Å². The van der Waals surface area contributed by atoms with Gasteiger partial charge in [0, 0.05) is 18.0 Å². The van der Waals surface area contributed by atoms with E-state index in [0.29, 0.717) is 23.6 Å². The van der Waals surface area contributed by atoms with Crippen LogP contribution in [0.4, 0.5) is 11.4 Å². The number of carbonyl (C=O) groups is 1. The van der Waals surface area contributed by atoms with Crippen molar-refractivity contribution < 1.29 is 13.2 Å². The first-order chi connectivity index (χ1) is 9.84. The number of halogens is 1. The summed E-state index contributed by atoms with van der Waals surface area (Å²) in [6, 6.07) is 3.43. The minimum atomic E-state index is -3.08. The first kappa shape index (κ1) is 14.7. The summed E-state index contributed by atoms with van der Waals surface area (Å²) in [7, 11) is -3.08. The highest BCUT2D eigenvalue weighted by Crippen LogP contribution is 2.35. The number of carbonyl (C=O) groups excluding carboxylic acids is 1. The van der Waals surface area contributed by atoms with Gasteiger partial charge in [0.1, 0.15) is 0 Å². The van der Waals surface area contributed by atoms with E-state index in [1.807, 2.05) is 6.07 Å². The van der Waals surface area contributed by atoms with E-state index in [9.17, 15) is 13.2 Å². The van der Waals surface area contributed by atoms with Crippen molar-refractivity contribution in [3.63, 3.8) is 0 Å². The van der Waals surface area contributed by atoms with E-state index in [4.69, 9.17) is 11.6 Å². The number of rotatable bonds is 3. The summed E-state index contributed by atoms with van der Waals surface area (Å²) >= 11 is 6.23. The van der Waals surface area contributed by atoms with Gasteiger partial charge in [-0.2, -0.15) is 0 Å². The van der Waals surface area contributed by atoms with Crippen LogP contribution in [0, 0.1) is 0 Å². The Hall–Kier alpha value is -1.27. The zero-order valence-electron chi connectivity index (χ0n) is 11.6. The van der Waals surface area contributed by atoms with Crippen LogP contribution < -0.4 is 10.6 Å². The Morgan fingerprint density at radius 3 is 2.81 bits per heavy atom. The minimum Gasteiger partial charge on any atom is -0.380 e. The van der Waals surface area contributed by atoms with E-state index in [0.717, 1.165) is 24.1 Å². The highest BCUT2D eigenvalue weighted by atomic mass is 35.5. The average Bonchev–Trinajstić information content (AvgIpc) is 2.94. The van der Waals surface area contributed by atoms with Gasteiger partial charge < -0.3 is 10.6 Å². The lowest BCUT2D eigenvalue weighted by molar-refractivity contribution is -0.115. The summed E-state index contributed by atoms with van der Waals surface area (Å²) in [6.07, 6.45) is 3.99. The maximum absolute atomic E-state index is 11.8. The van der Waals surface area contributed by atoms with E-state index in [2.05, 4.69) is 10.6 Å². The Bertz CT molecular complexity index is 702. The molecule has 2 unspecified atom stereocenters. The number of hydrogen-bond acceptors (Lipinski definition) is 4. The third-order valence-electron chi connectivity index (χ3n) is 4.16. The molecule has 1 aromatic rings. The van der Waals surface area contributed by atoms with Gasteiger partial charge in [0.15, 0.2) is 9.84 Å². The Morgan fingerprint density at radius 2 is 2.10 bits per heavy atom. The molecule has 0 radical (unpaired) electrons. The molecule has 1 aromatic carbocycles. The predicted molar refractivity (Wildman–Crippen MR) is 83.7 cm³/mol. The van der Waals surface area contributed by atoms with Gasteiger partial charge in [0.25, 0.3) is 0 Å². The molecule has 2 atom stereocenters. The molecule has 1 heterocycles. The van der Waals surface area contributed by atoms with Crippen LogP contribution in [0.5, 0.6) is 0 Å². The Balaban J connectivity index is 1.86. The number of hydrogen-bond donors (Lipinski definition) is 2. The van der Waals surface area contributed by atoms with E-state index < -0.39 is 9.84 Å². The largest absolute Gasteiger partial charge is 0.380 e. The molecule has 3 rings (SSSR count). The van der Waals surface area contributed by atoms with E-state index in [1.165, 1.54) is 6.26 Å². The Kier molecular flexibility index (Phi) is 3.61. The molecule has 114 valence electrons. The summed E-state index contributed by atoms with van der Waals surface area (Å²) in [5.41, 5.74) is 2.33. The van der Waals surface area contributed by atoms with Crippen LogP contribution in [0.15, 0.2) is 12.1 Å². The number of sulfone groups is 1. The van der Waals surface area contributed by atoms with Crippen LogP contribution in [-0.2, 0) is 21.1 Å². The van der Waals surface area contributed by atoms with Crippen molar-refractivity contribution in [1.82, 2.24) is 0 Å². The second kappa shape index (κ2) is 5.18. The summed E-state index contributed by atoms with van der Waals surface area (Å²) in [5.74, 6) is -0.0481. The molecule has 1 saturated carbocycles. The molecule has 0 bridgehead atoms. The summed E-state index contributed by atoms with van der Waals surface area (Å²) in [5, 5.41) is 6.13. The molecular formula is C14H17ClN2O3S. The lowest BCUT2D eigenvalue weighted by atomic mass is 10.1. The number of benzene rings is 1. The fraction of sp³-hybridized carbons (Fsp3) is 0.500. The third kappa shape index (κ3) is 2.87. The molecule has 0 saturated heterocycles. The van der Waals surface area contributed by atoms with Crippen LogP contribution in [0.3, 0.4) is 0 Å². The lowest BCUT2D eigenvalue weighted by Gasteiger charge is -2.22. The van der Waals surface area contributed by atoms with Crippen molar-refractivity contribution >= 4 is 38.7 Å². The molecule has 0 aromatic heterocycles. The van der Waals surface area contributed by atoms with E-state index >= 15 is 0 Å². The van der Waals surface area contributed by atoms with Gasteiger partial charge in [-0.1, -0.05) is 11.6 Å². The molecule has 2 N–H and O–H groups in total. The van der Waals surface area contributed by atoms with E-state index in [-0.39, 0.29) is 17.2 Å². The molecule has 1 fully saturated rings. The molecule has 2 aliphatic rings. The van der Waals surface area contributed by atoms with E-state index in [1.54, 1.807) is 6.07 Å². The van der Waals surface area contributed by atoms with Gasteiger partial charge in [-0.15, -0.1) is 0 Å². The standard InChI is InChI=1S/C14H17ClN2O3S/c1-21(19,20)13-4-2-3-10(13)16-12-5-8-6-14(18)17-11(8)7-9(12)15/h5,7,10,13,16H,2-4,6H2,1H3,(H,17,18). The quantitative estimate of drug-likeness (QED) is 0.892. The number of fused-ring (bicyclic) bond motifs is 1. The van der Waals surface area contributed by atoms with Crippen molar-refractivity contribution in [2.24, 2.45) is 0 Å². The second-order valence-corrected chi connectivity index (χ2v) is 8.44. The van der Waals surface area contributed by atoms with Crippen LogP contribution in [0.25, 0.3) is 0 Å². The smallest absolute Gasteiger partial charge is 0.228 e. The van der Waals surface area contributed by atoms with Gasteiger partial charge in [-0.05, 0) is 37.0 Å². The van der Waals surface area contributed by atoms with Gasteiger partial charge >= 0.3 is 0 Å². The molecule has 21 heavy (non-hydrogen) atoms. The van der Waals surface area contributed by atoms with Crippen molar-refractivity contribution in [2.75, 3.05) is 16.9 Å². The van der Waals surface area contributed by atoms with Crippen LogP contribution in [-0.4, -0.2) is 31.9 Å². The molecule has 7 heteroatoms. The average molecular weight is 329 g/mol. The lowest BCUT2D eigenvalue weighted by Crippen LogP contribution is -2.34. The van der Waals surface area contributed by atoms with Gasteiger partial charge in [-0.3, -0.25) is 4.79 Å². The van der Waals surface area contributed by atoms with Gasteiger partial charge in [-0.25, -0.2) is 8.42 Å². The first-order valence-electron chi connectivity index (χ1n) is 6.92. The van der Waals surface area contributed by atoms with Crippen molar-refractivity contribution in [3.8, 4) is 0 Å². The first-order valence-corrected chi connectivity index (χ1v) is 9.25. The summed E-state index contributed by atoms with van der Waals surface area (Å²) in [6.45, 7) is 0. The fourth-order valence-electron chi connectivity index (χ4n) is 3.16. The Morgan fingerprint density at radius 1 is 1.33 bits per heavy atom. The second-order valence-electron chi connectivity index (χ2n) is 5.76. The van der Waals surface area contributed by atoms with Crippen molar-refractivity contribution in [3.05, 3.63) is 22.7 Å². The fourth-order valence-corrected chi connectivity index (χ4v) is 4.78. The topological polar surface area (TPSA) is 75.3 Å². The highest BCUT2D eigenvalue weighted by molar-refractivity contribution is 7.91. The van der Waals surface area contributed by atoms with Crippen LogP contribution in [0.1, 0.15) is 24.8 Å². The maximum atomic E-state index is 11.8. The predicted octanol–water partition coefficient (Wildman–Crippen LogP) is 2.21. The monoisotopic (exact) mass is 328 g/mol. The summed E-state index contributed by atoms with van der Waals surface area (Å²) < 4.78 is 23.6. The minimum absolute atomic E-state index is 0.0481. The van der Waals surface area contributed by atoms with Crippen LogP contribution in [0.2, 0.25) is 5.02 Å². The molecule has 5 nitrogen and oxygen atoms in total. The highest BCUT2D eigenvalue weighted by Gasteiger charge is 2.35. The number of nitrogens with one attached hydrogen (secondary N) is 2. The third-order valence-corrected chi connectivity index (χ3v) is 6.14. The van der Waals surface area contributed by atoms with Gasteiger partial charge in [0.2, 0.25) is 5.91 Å². The van der Waals surface area contributed by atoms with Crippen LogP contribution >= 0.6 is 11.6 Å². The molecule has 1 aliphatic carbocycles. The molecule has 1 amide bonds. The maximum Gasteiger partial charge on any atom is 0.228 e. The molecule has 1 aliphatic heterocycles. The zero-order chi connectivity index (χ0) is 15.2. The SMILES string of the molecule is CS(=O)(=O)C1CCCC1Nc1cc2c(cc1Cl)NC(=O)C2. The molecule has 0 spiro atoms. The Labute approximate surface area is 129 Å². The summed E-state index contributed by atoms with van der Waals surface area (Å²) in [4.78, 5) is 11.4. The van der Waals surface area contributed by atoms with Crippen molar-refractivity contribution in [1.29, 1.82) is 0 Å².